The minimum absolute atomic E-state index is 0.00832. The fourth-order valence-corrected chi connectivity index (χ4v) is 16.3. The summed E-state index contributed by atoms with van der Waals surface area (Å²) in [6.07, 6.45) is 7.06. The molecule has 1 aliphatic heterocycles. The molecule has 3 aliphatic carbocycles. The number of thiophene rings is 1. The van der Waals surface area contributed by atoms with Crippen molar-refractivity contribution in [3.05, 3.63) is 161 Å². The molecule has 0 bridgehead atoms. The highest BCUT2D eigenvalue weighted by atomic mass is 32.1. The van der Waals surface area contributed by atoms with E-state index in [2.05, 4.69) is 227 Å². The molecule has 3 heterocycles. The third kappa shape index (κ3) is 6.76. The van der Waals surface area contributed by atoms with Crippen LogP contribution in [-0.2, 0) is 32.5 Å². The lowest BCUT2D eigenvalue weighted by molar-refractivity contribution is 0.332. The summed E-state index contributed by atoms with van der Waals surface area (Å²) in [4.78, 5) is 0. The average molecular weight is 997 g/mol. The Kier molecular flexibility index (Phi) is 9.81. The first kappa shape index (κ1) is 47.4. The molecule has 0 radical (unpaired) electrons. The fourth-order valence-electron chi connectivity index (χ4n) is 15.2. The van der Waals surface area contributed by atoms with Crippen LogP contribution < -0.4 is 16.2 Å². The second kappa shape index (κ2) is 15.5. The lowest BCUT2D eigenvalue weighted by atomic mass is 9.39. The maximum absolute atomic E-state index is 4.28. The number of anilines is 2. The molecule has 75 heavy (non-hydrogen) atoms. The van der Waals surface area contributed by atoms with Crippen LogP contribution in [0.25, 0.3) is 80.7 Å². The molecule has 0 spiro atoms. The van der Waals surface area contributed by atoms with Crippen molar-refractivity contribution in [3.8, 4) is 27.9 Å². The highest BCUT2D eigenvalue weighted by Crippen LogP contribution is 2.54. The number of hydrogen-bond acceptors (Lipinski definition) is 2. The lowest BCUT2D eigenvalue weighted by Crippen LogP contribution is -2.48. The van der Waals surface area contributed by atoms with E-state index < -0.39 is 0 Å². The average Bonchev–Trinajstić information content (AvgIpc) is 3.94. The van der Waals surface area contributed by atoms with Gasteiger partial charge in [0.1, 0.15) is 0 Å². The van der Waals surface area contributed by atoms with Gasteiger partial charge in [-0.15, -0.1) is 11.3 Å². The Labute approximate surface area is 450 Å². The predicted octanol–water partition coefficient (Wildman–Crippen LogP) is 19.0. The number of hydrogen-bond donors (Lipinski definition) is 1. The number of fused-ring (bicyclic) bond motifs is 13. The Hall–Kier alpha value is -6.10. The standard InChI is InChI=1S/C71H73BN2S/c1-66(2)29-30-67(3,4)50-35-42(26-27-49(50)66)73-56-39-53-51(68(5,6)31-33-70(53,9)10)37-46(56)48-36-47(44-22-18-24-60-61(44)45-21-16-17-23-59(45)75-60)63-62-43-20-15-14-19-41(43)25-28-57(62)74-58-40-54-52(69(7,8)32-34-71(54,11)12)38-55(58)72(13)64(48)65(63)74/h14-28,35-40,73H,29-34H2,1-13H3. The van der Waals surface area contributed by atoms with Gasteiger partial charge in [-0.1, -0.05) is 168 Å². The van der Waals surface area contributed by atoms with Gasteiger partial charge in [0, 0.05) is 53.6 Å². The van der Waals surface area contributed by atoms with E-state index in [1.807, 2.05) is 11.3 Å². The Morgan fingerprint density at radius 1 is 0.440 bits per heavy atom. The van der Waals surface area contributed by atoms with Crippen molar-refractivity contribution in [2.75, 3.05) is 5.32 Å². The van der Waals surface area contributed by atoms with Crippen molar-refractivity contribution in [2.24, 2.45) is 0 Å². The van der Waals surface area contributed by atoms with E-state index in [0.717, 1.165) is 12.8 Å². The Balaban J connectivity index is 1.17. The van der Waals surface area contributed by atoms with Crippen LogP contribution in [0, 0.1) is 0 Å². The number of benzene rings is 8. The molecular weight excluding hydrogens is 924 g/mol. The normalized spacial score (nSPS) is 19.3. The monoisotopic (exact) mass is 997 g/mol. The molecule has 0 saturated carbocycles. The van der Waals surface area contributed by atoms with Crippen molar-refractivity contribution in [1.82, 2.24) is 4.57 Å². The predicted molar refractivity (Wildman–Crippen MR) is 329 cm³/mol. The lowest BCUT2D eigenvalue weighted by Gasteiger charge is -2.43. The van der Waals surface area contributed by atoms with Crippen molar-refractivity contribution in [2.45, 2.75) is 161 Å². The van der Waals surface area contributed by atoms with Gasteiger partial charge in [0.25, 0.3) is 0 Å². The van der Waals surface area contributed by atoms with Crippen LogP contribution in [0.15, 0.2) is 127 Å². The van der Waals surface area contributed by atoms with Crippen molar-refractivity contribution in [1.29, 1.82) is 0 Å². The second-order valence-electron chi connectivity index (χ2n) is 27.7. The van der Waals surface area contributed by atoms with E-state index in [1.165, 1.54) is 162 Å². The van der Waals surface area contributed by atoms with E-state index in [-0.39, 0.29) is 39.2 Å². The summed E-state index contributed by atoms with van der Waals surface area (Å²) in [6.45, 7) is 32.4. The summed E-state index contributed by atoms with van der Waals surface area (Å²) in [5.74, 6) is 0. The van der Waals surface area contributed by atoms with Crippen molar-refractivity contribution in [3.63, 3.8) is 0 Å². The maximum atomic E-state index is 4.28. The largest absolute Gasteiger partial charge is 0.355 e. The van der Waals surface area contributed by atoms with Gasteiger partial charge < -0.3 is 9.88 Å². The van der Waals surface area contributed by atoms with Gasteiger partial charge in [-0.05, 0) is 192 Å². The molecule has 14 rings (SSSR count). The van der Waals surface area contributed by atoms with Crippen molar-refractivity contribution < 1.29 is 0 Å². The molecule has 0 saturated heterocycles. The van der Waals surface area contributed by atoms with Crippen LogP contribution in [0.5, 0.6) is 0 Å². The van der Waals surface area contributed by atoms with Crippen LogP contribution in [0.4, 0.5) is 11.4 Å². The quantitative estimate of drug-likeness (QED) is 0.174. The highest BCUT2D eigenvalue weighted by Gasteiger charge is 2.44. The first-order valence-corrected chi connectivity index (χ1v) is 29.1. The van der Waals surface area contributed by atoms with Gasteiger partial charge in [-0.3, -0.25) is 0 Å². The van der Waals surface area contributed by atoms with Crippen LogP contribution in [0.3, 0.4) is 0 Å². The summed E-state index contributed by atoms with van der Waals surface area (Å²) in [5, 5.41) is 12.3. The smallest absolute Gasteiger partial charge is 0.212 e. The number of nitrogens with zero attached hydrogens (tertiary/aromatic N) is 1. The molecular formula is C71H73BN2S. The fraction of sp³-hybridized carbons (Fsp3) is 0.352. The summed E-state index contributed by atoms with van der Waals surface area (Å²) in [7, 11) is 0. The van der Waals surface area contributed by atoms with Gasteiger partial charge in [0.15, 0.2) is 0 Å². The first-order chi connectivity index (χ1) is 35.5. The number of rotatable bonds is 4. The number of aromatic nitrogens is 1. The third-order valence-corrected chi connectivity index (χ3v) is 21.3. The van der Waals surface area contributed by atoms with Crippen LogP contribution in [0.1, 0.15) is 155 Å². The molecule has 10 aromatic rings. The molecule has 4 heteroatoms. The zero-order valence-electron chi connectivity index (χ0n) is 46.8. The van der Waals surface area contributed by atoms with Gasteiger partial charge >= 0.3 is 0 Å². The topological polar surface area (TPSA) is 17.0 Å². The molecule has 376 valence electrons. The maximum Gasteiger partial charge on any atom is 0.212 e. The zero-order valence-corrected chi connectivity index (χ0v) is 47.6. The minimum atomic E-state index is 0.00832. The Morgan fingerprint density at radius 3 is 1.71 bits per heavy atom. The summed E-state index contributed by atoms with van der Waals surface area (Å²) >= 11 is 1.92. The van der Waals surface area contributed by atoms with E-state index in [4.69, 9.17) is 0 Å². The molecule has 0 amide bonds. The zero-order chi connectivity index (χ0) is 52.1. The van der Waals surface area contributed by atoms with E-state index >= 15 is 0 Å². The molecule has 2 aromatic heterocycles. The van der Waals surface area contributed by atoms with E-state index in [0.29, 0.717) is 0 Å². The molecule has 2 nitrogen and oxygen atoms in total. The van der Waals surface area contributed by atoms with Crippen LogP contribution in [-0.4, -0.2) is 11.3 Å². The van der Waals surface area contributed by atoms with Crippen molar-refractivity contribution >= 4 is 93.1 Å². The third-order valence-electron chi connectivity index (χ3n) is 20.2. The molecule has 0 unspecified atom stereocenters. The number of nitrogens with one attached hydrogen (secondary N) is 1. The SMILES string of the molecule is CB1c2cc3c(cc2-n2c4ccc5ccccc5c4c4c(-c5cccc6sc7ccccc7c56)cc(-c5cc6c(cc5Nc5ccc7c(c5)C(C)(C)CCC7(C)C)C(C)(C)CCC6(C)C)c1c42)C(C)(C)CCC3(C)C. The summed E-state index contributed by atoms with van der Waals surface area (Å²) in [6, 6.07) is 50.9. The van der Waals surface area contributed by atoms with Crippen LogP contribution in [0.2, 0.25) is 6.82 Å². The molecule has 0 fully saturated rings. The summed E-state index contributed by atoms with van der Waals surface area (Å²) < 4.78 is 5.43. The van der Waals surface area contributed by atoms with Gasteiger partial charge in [0.2, 0.25) is 6.71 Å². The highest BCUT2D eigenvalue weighted by molar-refractivity contribution is 7.26. The van der Waals surface area contributed by atoms with Crippen LogP contribution >= 0.6 is 11.3 Å². The van der Waals surface area contributed by atoms with Gasteiger partial charge in [-0.25, -0.2) is 0 Å². The molecule has 8 aromatic carbocycles. The first-order valence-electron chi connectivity index (χ1n) is 28.3. The Morgan fingerprint density at radius 2 is 1.01 bits per heavy atom. The molecule has 0 atom stereocenters. The Bertz CT molecular complexity index is 4130. The molecule has 1 N–H and O–H groups in total. The van der Waals surface area contributed by atoms with E-state index in [9.17, 15) is 0 Å². The summed E-state index contributed by atoms with van der Waals surface area (Å²) in [5.41, 5.74) is 23.9. The van der Waals surface area contributed by atoms with Gasteiger partial charge in [-0.2, -0.15) is 0 Å². The minimum Gasteiger partial charge on any atom is -0.355 e. The second-order valence-corrected chi connectivity index (χ2v) is 28.8. The molecule has 4 aliphatic rings. The van der Waals surface area contributed by atoms with E-state index in [1.54, 1.807) is 0 Å². The van der Waals surface area contributed by atoms with Gasteiger partial charge in [0.05, 0.1) is 11.0 Å².